The lowest BCUT2D eigenvalue weighted by Crippen LogP contribution is -2.49. The number of methoxy groups -OCH3 is 1. The van der Waals surface area contributed by atoms with Crippen LogP contribution in [-0.4, -0.2) is 42.4 Å². The van der Waals surface area contributed by atoms with Gasteiger partial charge in [0.05, 0.1) is 29.7 Å². The van der Waals surface area contributed by atoms with Gasteiger partial charge in [-0.15, -0.1) is 0 Å². The Labute approximate surface area is 169 Å². The van der Waals surface area contributed by atoms with Crippen molar-refractivity contribution in [3.05, 3.63) is 65.2 Å². The molecule has 1 saturated heterocycles. The van der Waals surface area contributed by atoms with E-state index >= 15 is 0 Å². The molecule has 0 saturated carbocycles. The molecule has 2 aromatic carbocycles. The molecule has 0 radical (unpaired) electrons. The van der Waals surface area contributed by atoms with Crippen LogP contribution < -0.4 is 5.32 Å². The van der Waals surface area contributed by atoms with Crippen LogP contribution >= 0.6 is 0 Å². The first kappa shape index (κ1) is 19.2. The quantitative estimate of drug-likeness (QED) is 0.810. The van der Waals surface area contributed by atoms with Crippen molar-refractivity contribution in [3.8, 4) is 0 Å². The molecule has 29 heavy (non-hydrogen) atoms. The van der Waals surface area contributed by atoms with Gasteiger partial charge in [0.25, 0.3) is 5.91 Å². The minimum atomic E-state index is -0.748. The van der Waals surface area contributed by atoms with E-state index in [-0.39, 0.29) is 23.4 Å². The molecule has 6 nitrogen and oxygen atoms in total. The number of hydrogen-bond donors (Lipinski definition) is 1. The van der Waals surface area contributed by atoms with Gasteiger partial charge in [0.2, 0.25) is 5.91 Å². The maximum Gasteiger partial charge on any atom is 0.338 e. The van der Waals surface area contributed by atoms with Gasteiger partial charge < -0.3 is 15.0 Å². The predicted molar refractivity (Wildman–Crippen MR) is 109 cm³/mol. The van der Waals surface area contributed by atoms with E-state index in [9.17, 15) is 14.4 Å². The molecule has 2 aliphatic rings. The molecule has 4 rings (SSSR count). The van der Waals surface area contributed by atoms with E-state index in [4.69, 9.17) is 4.74 Å². The maximum absolute atomic E-state index is 13.5. The van der Waals surface area contributed by atoms with E-state index in [1.807, 2.05) is 24.3 Å². The number of nitrogens with one attached hydrogen (secondary N) is 1. The Kier molecular flexibility index (Phi) is 4.86. The number of carbonyl (C=O) groups excluding carboxylic acids is 3. The summed E-state index contributed by atoms with van der Waals surface area (Å²) in [6, 6.07) is 14.1. The lowest BCUT2D eigenvalue weighted by Gasteiger charge is -2.34. The van der Waals surface area contributed by atoms with Crippen LogP contribution in [0.25, 0.3) is 0 Å². The van der Waals surface area contributed by atoms with Crippen molar-refractivity contribution >= 4 is 23.5 Å². The Hall–Kier alpha value is -3.15. The first-order valence-corrected chi connectivity index (χ1v) is 9.94. The van der Waals surface area contributed by atoms with E-state index in [0.29, 0.717) is 24.9 Å². The summed E-state index contributed by atoms with van der Waals surface area (Å²) >= 11 is 0. The second-order valence-corrected chi connectivity index (χ2v) is 7.56. The molecular weight excluding hydrogens is 368 g/mol. The fourth-order valence-corrected chi connectivity index (χ4v) is 4.83. The highest BCUT2D eigenvalue weighted by atomic mass is 16.5. The number of amides is 2. The molecule has 2 amide bonds. The lowest BCUT2D eigenvalue weighted by molar-refractivity contribution is -0.121. The molecule has 2 aromatic rings. The number of nitrogens with zero attached hydrogens (tertiary/aromatic N) is 1. The molecule has 1 fully saturated rings. The Morgan fingerprint density at radius 1 is 1.14 bits per heavy atom. The number of rotatable bonds is 4. The van der Waals surface area contributed by atoms with Crippen LogP contribution in [0, 0.1) is 0 Å². The second kappa shape index (κ2) is 7.35. The third-order valence-electron chi connectivity index (χ3n) is 6.14. The van der Waals surface area contributed by atoms with Crippen molar-refractivity contribution in [3.63, 3.8) is 0 Å². The summed E-state index contributed by atoms with van der Waals surface area (Å²) in [5.41, 5.74) is 1.59. The summed E-state index contributed by atoms with van der Waals surface area (Å²) in [5, 5.41) is 3.01. The summed E-state index contributed by atoms with van der Waals surface area (Å²) < 4.78 is 4.85. The molecule has 0 aromatic heterocycles. The topological polar surface area (TPSA) is 75.7 Å². The van der Waals surface area contributed by atoms with Crippen LogP contribution in [-0.2, 0) is 14.9 Å². The number of fused-ring (bicyclic) bond motifs is 2. The van der Waals surface area contributed by atoms with Gasteiger partial charge >= 0.3 is 5.97 Å². The van der Waals surface area contributed by atoms with Crippen LogP contribution in [0.4, 0.5) is 5.69 Å². The summed E-state index contributed by atoms with van der Waals surface area (Å²) in [4.78, 5) is 40.6. The minimum absolute atomic E-state index is 0.0475. The Bertz CT molecular complexity index is 986. The largest absolute Gasteiger partial charge is 0.465 e. The van der Waals surface area contributed by atoms with Gasteiger partial charge in [0.1, 0.15) is 0 Å². The molecule has 2 atom stereocenters. The van der Waals surface area contributed by atoms with E-state index < -0.39 is 11.4 Å². The average molecular weight is 392 g/mol. The highest BCUT2D eigenvalue weighted by Gasteiger charge is 2.58. The summed E-state index contributed by atoms with van der Waals surface area (Å²) in [6.45, 7) is 2.51. The molecular formula is C23H24N2O4. The molecule has 150 valence electrons. The van der Waals surface area contributed by atoms with Crippen molar-refractivity contribution in [2.75, 3.05) is 19.0 Å². The first-order chi connectivity index (χ1) is 14.0. The molecule has 2 heterocycles. The SMILES string of the molecule is CCC[C@@H]1N(C(=O)c2ccccc2C(=O)OC)CC[C@@]12C(=O)Nc1ccccc12. The molecule has 1 spiro atoms. The van der Waals surface area contributed by atoms with Crippen molar-refractivity contribution in [1.29, 1.82) is 0 Å². The molecule has 0 unspecified atom stereocenters. The van der Waals surface area contributed by atoms with E-state index in [1.54, 1.807) is 29.2 Å². The fraction of sp³-hybridized carbons (Fsp3) is 0.348. The van der Waals surface area contributed by atoms with Gasteiger partial charge in [-0.1, -0.05) is 43.7 Å². The van der Waals surface area contributed by atoms with Crippen LogP contribution in [0.2, 0.25) is 0 Å². The van der Waals surface area contributed by atoms with Gasteiger partial charge in [0, 0.05) is 12.2 Å². The summed E-state index contributed by atoms with van der Waals surface area (Å²) in [5.74, 6) is -0.828. The van der Waals surface area contributed by atoms with Gasteiger partial charge in [-0.3, -0.25) is 9.59 Å². The third kappa shape index (κ3) is 2.82. The first-order valence-electron chi connectivity index (χ1n) is 9.94. The van der Waals surface area contributed by atoms with Gasteiger partial charge in [-0.05, 0) is 36.6 Å². The normalized spacial score (nSPS) is 22.5. The monoisotopic (exact) mass is 392 g/mol. The van der Waals surface area contributed by atoms with E-state index in [2.05, 4.69) is 12.2 Å². The fourth-order valence-electron chi connectivity index (χ4n) is 4.83. The zero-order valence-electron chi connectivity index (χ0n) is 16.6. The van der Waals surface area contributed by atoms with Crippen LogP contribution in [0.1, 0.15) is 52.5 Å². The lowest BCUT2D eigenvalue weighted by atomic mass is 9.73. The molecule has 0 bridgehead atoms. The third-order valence-corrected chi connectivity index (χ3v) is 6.14. The Morgan fingerprint density at radius 2 is 1.83 bits per heavy atom. The highest BCUT2D eigenvalue weighted by Crippen LogP contribution is 2.49. The number of anilines is 1. The average Bonchev–Trinajstić information content (AvgIpc) is 3.26. The standard InChI is InChI=1S/C23H24N2O4/c1-3-8-19-23(17-11-6-7-12-18(17)24-22(23)28)13-14-25(19)20(26)15-9-4-5-10-16(15)21(27)29-2/h4-7,9-12,19H,3,8,13-14H2,1-2H3,(H,24,28)/t19-,23-/m0/s1. The number of hydrogen-bond acceptors (Lipinski definition) is 4. The van der Waals surface area contributed by atoms with Crippen LogP contribution in [0.5, 0.6) is 0 Å². The van der Waals surface area contributed by atoms with E-state index in [0.717, 1.165) is 17.7 Å². The van der Waals surface area contributed by atoms with Crippen molar-refractivity contribution in [2.24, 2.45) is 0 Å². The Balaban J connectivity index is 1.77. The number of carbonyl (C=O) groups is 3. The number of ether oxygens (including phenoxy) is 1. The van der Waals surface area contributed by atoms with Gasteiger partial charge in [-0.2, -0.15) is 0 Å². The Morgan fingerprint density at radius 3 is 2.55 bits per heavy atom. The molecule has 1 N–H and O–H groups in total. The zero-order chi connectivity index (χ0) is 20.6. The molecule has 2 aliphatic heterocycles. The van der Waals surface area contributed by atoms with Gasteiger partial charge in [0.15, 0.2) is 0 Å². The molecule has 0 aliphatic carbocycles. The minimum Gasteiger partial charge on any atom is -0.465 e. The number of para-hydroxylation sites is 1. The predicted octanol–water partition coefficient (Wildman–Crippen LogP) is 3.38. The maximum atomic E-state index is 13.5. The van der Waals surface area contributed by atoms with Crippen molar-refractivity contribution in [2.45, 2.75) is 37.6 Å². The second-order valence-electron chi connectivity index (χ2n) is 7.56. The van der Waals surface area contributed by atoms with Crippen LogP contribution in [0.15, 0.2) is 48.5 Å². The van der Waals surface area contributed by atoms with Crippen molar-refractivity contribution in [1.82, 2.24) is 4.90 Å². The number of likely N-dealkylation sites (tertiary alicyclic amines) is 1. The van der Waals surface area contributed by atoms with E-state index in [1.165, 1.54) is 7.11 Å². The highest BCUT2D eigenvalue weighted by molar-refractivity contribution is 6.09. The molecule has 6 heteroatoms. The van der Waals surface area contributed by atoms with Crippen molar-refractivity contribution < 1.29 is 19.1 Å². The van der Waals surface area contributed by atoms with Gasteiger partial charge in [-0.25, -0.2) is 4.79 Å². The summed E-state index contributed by atoms with van der Waals surface area (Å²) in [6.07, 6.45) is 2.10. The van der Waals surface area contributed by atoms with Crippen LogP contribution in [0.3, 0.4) is 0 Å². The number of benzene rings is 2. The zero-order valence-corrected chi connectivity index (χ0v) is 16.6. The smallest absolute Gasteiger partial charge is 0.338 e. The number of esters is 1. The summed E-state index contributed by atoms with van der Waals surface area (Å²) in [7, 11) is 1.30.